The summed E-state index contributed by atoms with van der Waals surface area (Å²) in [7, 11) is 0. The average molecular weight is 290 g/mol. The fourth-order valence-corrected chi connectivity index (χ4v) is 2.54. The van der Waals surface area contributed by atoms with Gasteiger partial charge in [0.25, 0.3) is 5.91 Å². The Morgan fingerprint density at radius 3 is 2.48 bits per heavy atom. The summed E-state index contributed by atoms with van der Waals surface area (Å²) in [5.74, 6) is -0.592. The van der Waals surface area contributed by atoms with Crippen molar-refractivity contribution in [3.63, 3.8) is 0 Å². The maximum absolute atomic E-state index is 13.7. The van der Waals surface area contributed by atoms with Crippen LogP contribution in [0, 0.1) is 18.2 Å². The van der Waals surface area contributed by atoms with E-state index in [0.29, 0.717) is 29.9 Å². The standard InChI is InChI=1S/C17H23FN2O/c1-11-14(18)9-12(10-15(11)19)16(21)20-7-5-13(6-8-20)17(2,3)4/h5,9-10H,6-8,19H2,1-4H3. The fraction of sp³-hybridized carbons (Fsp3) is 0.471. The molecule has 2 N–H and O–H groups in total. The Balaban J connectivity index is 2.18. The van der Waals surface area contributed by atoms with Gasteiger partial charge in [-0.25, -0.2) is 4.39 Å². The second kappa shape index (κ2) is 5.51. The quantitative estimate of drug-likeness (QED) is 0.635. The van der Waals surface area contributed by atoms with Gasteiger partial charge >= 0.3 is 0 Å². The Morgan fingerprint density at radius 1 is 1.33 bits per heavy atom. The lowest BCUT2D eigenvalue weighted by atomic mass is 9.83. The van der Waals surface area contributed by atoms with Gasteiger partial charge < -0.3 is 10.6 Å². The van der Waals surface area contributed by atoms with Crippen LogP contribution in [0.1, 0.15) is 43.1 Å². The van der Waals surface area contributed by atoms with Crippen molar-refractivity contribution in [2.75, 3.05) is 18.8 Å². The van der Waals surface area contributed by atoms with E-state index in [4.69, 9.17) is 5.73 Å². The van der Waals surface area contributed by atoms with Crippen LogP contribution in [0.5, 0.6) is 0 Å². The number of nitrogens with zero attached hydrogens (tertiary/aromatic N) is 1. The van der Waals surface area contributed by atoms with Crippen molar-refractivity contribution < 1.29 is 9.18 Å². The molecular formula is C17H23FN2O. The number of anilines is 1. The first kappa shape index (κ1) is 15.5. The van der Waals surface area contributed by atoms with Crippen molar-refractivity contribution in [1.82, 2.24) is 4.90 Å². The van der Waals surface area contributed by atoms with E-state index < -0.39 is 5.82 Å². The van der Waals surface area contributed by atoms with Crippen LogP contribution in [0.4, 0.5) is 10.1 Å². The number of hydrogen-bond acceptors (Lipinski definition) is 2. The minimum absolute atomic E-state index is 0.134. The van der Waals surface area contributed by atoms with Gasteiger partial charge in [0, 0.05) is 29.9 Å². The highest BCUT2D eigenvalue weighted by Gasteiger charge is 2.24. The molecule has 3 nitrogen and oxygen atoms in total. The van der Waals surface area contributed by atoms with Gasteiger partial charge in [0.05, 0.1) is 0 Å². The summed E-state index contributed by atoms with van der Waals surface area (Å²) in [4.78, 5) is 14.2. The number of hydrogen-bond donors (Lipinski definition) is 1. The molecule has 1 aliphatic heterocycles. The van der Waals surface area contributed by atoms with E-state index in [1.54, 1.807) is 17.9 Å². The molecule has 114 valence electrons. The zero-order valence-corrected chi connectivity index (χ0v) is 13.2. The molecular weight excluding hydrogens is 267 g/mol. The Morgan fingerprint density at radius 2 is 2.00 bits per heavy atom. The normalized spacial score (nSPS) is 15.9. The number of carbonyl (C=O) groups is 1. The molecule has 0 saturated heterocycles. The van der Waals surface area contributed by atoms with Crippen molar-refractivity contribution in [1.29, 1.82) is 0 Å². The summed E-state index contributed by atoms with van der Waals surface area (Å²) >= 11 is 0. The molecule has 0 unspecified atom stereocenters. The molecule has 0 aliphatic carbocycles. The maximum Gasteiger partial charge on any atom is 0.254 e. The molecule has 1 aliphatic rings. The smallest absolute Gasteiger partial charge is 0.254 e. The molecule has 1 heterocycles. The lowest BCUT2D eigenvalue weighted by molar-refractivity contribution is 0.0764. The molecule has 4 heteroatoms. The lowest BCUT2D eigenvalue weighted by Crippen LogP contribution is -2.36. The third-order valence-corrected chi connectivity index (χ3v) is 4.09. The van der Waals surface area contributed by atoms with Gasteiger partial charge in [0.15, 0.2) is 0 Å². The lowest BCUT2D eigenvalue weighted by Gasteiger charge is -2.32. The van der Waals surface area contributed by atoms with Crippen LogP contribution in [0.15, 0.2) is 23.8 Å². The highest BCUT2D eigenvalue weighted by molar-refractivity contribution is 5.95. The van der Waals surface area contributed by atoms with E-state index in [-0.39, 0.29) is 11.3 Å². The van der Waals surface area contributed by atoms with Crippen LogP contribution in [0.2, 0.25) is 0 Å². The van der Waals surface area contributed by atoms with Crippen LogP contribution in [-0.2, 0) is 0 Å². The maximum atomic E-state index is 13.7. The molecule has 2 rings (SSSR count). The summed E-state index contributed by atoms with van der Waals surface area (Å²) < 4.78 is 13.7. The molecule has 0 radical (unpaired) electrons. The van der Waals surface area contributed by atoms with Crippen LogP contribution in [0.25, 0.3) is 0 Å². The van der Waals surface area contributed by atoms with E-state index in [0.717, 1.165) is 6.42 Å². The second-order valence-electron chi connectivity index (χ2n) is 6.65. The van der Waals surface area contributed by atoms with Crippen molar-refractivity contribution in [2.45, 2.75) is 34.1 Å². The summed E-state index contributed by atoms with van der Waals surface area (Å²) in [5.41, 5.74) is 8.27. The first-order chi connectivity index (χ1) is 9.70. The Hall–Kier alpha value is -1.84. The predicted octanol–water partition coefficient (Wildman–Crippen LogP) is 3.53. The first-order valence-corrected chi connectivity index (χ1v) is 7.24. The highest BCUT2D eigenvalue weighted by Crippen LogP contribution is 2.30. The first-order valence-electron chi connectivity index (χ1n) is 7.24. The number of rotatable bonds is 1. The number of benzene rings is 1. The van der Waals surface area contributed by atoms with Gasteiger partial charge in [0.1, 0.15) is 5.82 Å². The average Bonchev–Trinajstić information content (AvgIpc) is 2.42. The van der Waals surface area contributed by atoms with E-state index in [1.165, 1.54) is 11.6 Å². The van der Waals surface area contributed by atoms with E-state index >= 15 is 0 Å². The summed E-state index contributed by atoms with van der Waals surface area (Å²) in [6.07, 6.45) is 2.97. The van der Waals surface area contributed by atoms with Crippen LogP contribution < -0.4 is 5.73 Å². The Labute approximate surface area is 125 Å². The van der Waals surface area contributed by atoms with Gasteiger partial charge in [0.2, 0.25) is 0 Å². The van der Waals surface area contributed by atoms with Crippen LogP contribution in [-0.4, -0.2) is 23.9 Å². The SMILES string of the molecule is Cc1c(N)cc(C(=O)N2CC=C(C(C)(C)C)CC2)cc1F. The Kier molecular flexibility index (Phi) is 4.08. The van der Waals surface area contributed by atoms with Crippen molar-refractivity contribution in [2.24, 2.45) is 5.41 Å². The largest absolute Gasteiger partial charge is 0.398 e. The van der Waals surface area contributed by atoms with Crippen molar-refractivity contribution in [3.8, 4) is 0 Å². The van der Waals surface area contributed by atoms with E-state index in [9.17, 15) is 9.18 Å². The van der Waals surface area contributed by atoms with Crippen molar-refractivity contribution >= 4 is 11.6 Å². The zero-order valence-electron chi connectivity index (χ0n) is 13.2. The second-order valence-corrected chi connectivity index (χ2v) is 6.65. The molecule has 0 bridgehead atoms. The molecule has 1 aromatic carbocycles. The zero-order chi connectivity index (χ0) is 15.8. The van der Waals surface area contributed by atoms with Crippen LogP contribution >= 0.6 is 0 Å². The number of halogens is 1. The molecule has 0 atom stereocenters. The number of nitrogens with two attached hydrogens (primary N) is 1. The summed E-state index contributed by atoms with van der Waals surface area (Å²) in [6, 6.07) is 2.83. The molecule has 0 spiro atoms. The molecule has 0 saturated carbocycles. The molecule has 0 fully saturated rings. The molecule has 1 amide bonds. The number of amides is 1. The Bertz CT molecular complexity index is 576. The monoisotopic (exact) mass is 290 g/mol. The number of nitrogen functional groups attached to an aromatic ring is 1. The number of carbonyl (C=O) groups excluding carboxylic acids is 1. The molecule has 1 aromatic rings. The molecule has 0 aromatic heterocycles. The molecule has 21 heavy (non-hydrogen) atoms. The minimum Gasteiger partial charge on any atom is -0.398 e. The fourth-order valence-electron chi connectivity index (χ4n) is 2.54. The van der Waals surface area contributed by atoms with E-state index in [1.807, 2.05) is 0 Å². The van der Waals surface area contributed by atoms with Gasteiger partial charge in [-0.3, -0.25) is 4.79 Å². The van der Waals surface area contributed by atoms with Crippen LogP contribution in [0.3, 0.4) is 0 Å². The van der Waals surface area contributed by atoms with Gasteiger partial charge in [-0.1, -0.05) is 32.4 Å². The minimum atomic E-state index is -0.429. The summed E-state index contributed by atoms with van der Waals surface area (Å²) in [5, 5.41) is 0. The van der Waals surface area contributed by atoms with E-state index in [2.05, 4.69) is 26.8 Å². The van der Waals surface area contributed by atoms with Gasteiger partial charge in [-0.2, -0.15) is 0 Å². The van der Waals surface area contributed by atoms with Crippen molar-refractivity contribution in [3.05, 3.63) is 40.7 Å². The predicted molar refractivity (Wildman–Crippen MR) is 83.6 cm³/mol. The topological polar surface area (TPSA) is 46.3 Å². The van der Waals surface area contributed by atoms with Gasteiger partial charge in [-0.05, 0) is 30.9 Å². The summed E-state index contributed by atoms with van der Waals surface area (Å²) in [6.45, 7) is 9.36. The van der Waals surface area contributed by atoms with Gasteiger partial charge in [-0.15, -0.1) is 0 Å². The third kappa shape index (κ3) is 3.26. The third-order valence-electron chi connectivity index (χ3n) is 4.09. The highest BCUT2D eigenvalue weighted by atomic mass is 19.1.